The molecule has 1 atom stereocenters. The third-order valence-electron chi connectivity index (χ3n) is 6.34. The SMILES string of the molecule is CCCNC(=O)[C@@H](CC)N(Cc1ccccc1C)C(=O)CN(c1ccc(Cl)c(Cl)c1)S(=O)(=O)c1ccccc1. The maximum absolute atomic E-state index is 14.0. The average molecular weight is 591 g/mol. The van der Waals surface area contributed by atoms with Crippen LogP contribution < -0.4 is 9.62 Å². The van der Waals surface area contributed by atoms with Gasteiger partial charge in [-0.1, -0.05) is 79.5 Å². The smallest absolute Gasteiger partial charge is 0.264 e. The summed E-state index contributed by atoms with van der Waals surface area (Å²) < 4.78 is 28.6. The van der Waals surface area contributed by atoms with Crippen LogP contribution in [-0.4, -0.2) is 44.3 Å². The van der Waals surface area contributed by atoms with E-state index in [1.54, 1.807) is 18.2 Å². The Morgan fingerprint density at radius 3 is 2.21 bits per heavy atom. The largest absolute Gasteiger partial charge is 0.354 e. The predicted octanol–water partition coefficient (Wildman–Crippen LogP) is 5.83. The van der Waals surface area contributed by atoms with Gasteiger partial charge in [0.2, 0.25) is 11.8 Å². The van der Waals surface area contributed by atoms with Gasteiger partial charge in [0.05, 0.1) is 20.6 Å². The number of halogens is 2. The van der Waals surface area contributed by atoms with E-state index < -0.39 is 28.5 Å². The van der Waals surface area contributed by atoms with Gasteiger partial charge in [0, 0.05) is 13.1 Å². The molecule has 0 saturated heterocycles. The van der Waals surface area contributed by atoms with E-state index in [1.165, 1.54) is 35.2 Å². The van der Waals surface area contributed by atoms with Gasteiger partial charge in [-0.05, 0) is 61.2 Å². The summed E-state index contributed by atoms with van der Waals surface area (Å²) in [5.41, 5.74) is 2.00. The lowest BCUT2D eigenvalue weighted by atomic mass is 10.1. The molecule has 39 heavy (non-hydrogen) atoms. The van der Waals surface area contributed by atoms with E-state index in [1.807, 2.05) is 45.0 Å². The predicted molar refractivity (Wildman–Crippen MR) is 157 cm³/mol. The topological polar surface area (TPSA) is 86.8 Å². The summed E-state index contributed by atoms with van der Waals surface area (Å²) in [5.74, 6) is -0.810. The van der Waals surface area contributed by atoms with E-state index in [9.17, 15) is 18.0 Å². The number of anilines is 1. The zero-order valence-electron chi connectivity index (χ0n) is 22.2. The molecule has 10 heteroatoms. The van der Waals surface area contributed by atoms with Gasteiger partial charge < -0.3 is 10.2 Å². The highest BCUT2D eigenvalue weighted by Crippen LogP contribution is 2.31. The molecule has 2 amide bonds. The van der Waals surface area contributed by atoms with Crippen molar-refractivity contribution < 1.29 is 18.0 Å². The van der Waals surface area contributed by atoms with E-state index in [2.05, 4.69) is 5.32 Å². The van der Waals surface area contributed by atoms with E-state index in [4.69, 9.17) is 23.2 Å². The van der Waals surface area contributed by atoms with Gasteiger partial charge >= 0.3 is 0 Å². The number of aryl methyl sites for hydroxylation is 1. The van der Waals surface area contributed by atoms with Gasteiger partial charge in [0.1, 0.15) is 12.6 Å². The summed E-state index contributed by atoms with van der Waals surface area (Å²) in [6, 6.07) is 19.0. The van der Waals surface area contributed by atoms with Crippen LogP contribution in [-0.2, 0) is 26.2 Å². The maximum atomic E-state index is 14.0. The Morgan fingerprint density at radius 1 is 0.923 bits per heavy atom. The highest BCUT2D eigenvalue weighted by atomic mass is 35.5. The molecule has 7 nitrogen and oxygen atoms in total. The van der Waals surface area contributed by atoms with Crippen molar-refractivity contribution in [2.75, 3.05) is 17.4 Å². The summed E-state index contributed by atoms with van der Waals surface area (Å²) >= 11 is 12.3. The molecule has 0 aliphatic rings. The fourth-order valence-electron chi connectivity index (χ4n) is 4.15. The molecule has 3 aromatic rings. The first kappa shape index (κ1) is 30.5. The van der Waals surface area contributed by atoms with Gasteiger partial charge in [0.15, 0.2) is 0 Å². The van der Waals surface area contributed by atoms with E-state index in [-0.39, 0.29) is 33.1 Å². The van der Waals surface area contributed by atoms with Crippen LogP contribution in [0.15, 0.2) is 77.7 Å². The van der Waals surface area contributed by atoms with Crippen LogP contribution >= 0.6 is 23.2 Å². The van der Waals surface area contributed by atoms with Crippen LogP contribution in [0, 0.1) is 6.92 Å². The Balaban J connectivity index is 2.07. The number of benzene rings is 3. The third-order valence-corrected chi connectivity index (χ3v) is 8.87. The summed E-state index contributed by atoms with van der Waals surface area (Å²) in [7, 11) is -4.18. The molecule has 0 spiro atoms. The Hall–Kier alpha value is -3.07. The summed E-state index contributed by atoms with van der Waals surface area (Å²) in [6.07, 6.45) is 1.10. The molecular formula is C29H33Cl2N3O4S. The molecule has 0 unspecified atom stereocenters. The lowest BCUT2D eigenvalue weighted by molar-refractivity contribution is -0.140. The van der Waals surface area contributed by atoms with Crippen LogP contribution in [0.5, 0.6) is 0 Å². The van der Waals surface area contributed by atoms with Crippen molar-refractivity contribution in [3.8, 4) is 0 Å². The molecule has 0 heterocycles. The van der Waals surface area contributed by atoms with Crippen LogP contribution in [0.4, 0.5) is 5.69 Å². The first-order valence-corrected chi connectivity index (χ1v) is 14.9. The molecule has 0 fully saturated rings. The fourth-order valence-corrected chi connectivity index (χ4v) is 5.86. The summed E-state index contributed by atoms with van der Waals surface area (Å²) in [4.78, 5) is 28.6. The molecule has 0 aliphatic carbocycles. The van der Waals surface area contributed by atoms with Crippen molar-refractivity contribution in [1.82, 2.24) is 10.2 Å². The third kappa shape index (κ3) is 7.53. The molecule has 1 N–H and O–H groups in total. The quantitative estimate of drug-likeness (QED) is 0.288. The van der Waals surface area contributed by atoms with Gasteiger partial charge in [-0.3, -0.25) is 13.9 Å². The number of amides is 2. The fraction of sp³-hybridized carbons (Fsp3) is 0.310. The number of carbonyl (C=O) groups is 2. The molecule has 0 saturated carbocycles. The van der Waals surface area contributed by atoms with Crippen molar-refractivity contribution in [1.29, 1.82) is 0 Å². The Bertz CT molecular complexity index is 1400. The van der Waals surface area contributed by atoms with Gasteiger partial charge in [-0.2, -0.15) is 0 Å². The lowest BCUT2D eigenvalue weighted by Gasteiger charge is -2.33. The summed E-state index contributed by atoms with van der Waals surface area (Å²) in [6.45, 7) is 5.77. The van der Waals surface area contributed by atoms with Gasteiger partial charge in [0.25, 0.3) is 10.0 Å². The van der Waals surface area contributed by atoms with Crippen LogP contribution in [0.3, 0.4) is 0 Å². The van der Waals surface area contributed by atoms with Gasteiger partial charge in [-0.15, -0.1) is 0 Å². The lowest BCUT2D eigenvalue weighted by Crippen LogP contribution is -2.52. The second kappa shape index (κ2) is 13.8. The zero-order chi connectivity index (χ0) is 28.6. The normalized spacial score (nSPS) is 12.0. The van der Waals surface area contributed by atoms with Crippen molar-refractivity contribution in [3.05, 3.63) is 94.0 Å². The Labute approximate surface area is 240 Å². The van der Waals surface area contributed by atoms with Gasteiger partial charge in [-0.25, -0.2) is 8.42 Å². The molecular weight excluding hydrogens is 557 g/mol. The maximum Gasteiger partial charge on any atom is 0.264 e. The highest BCUT2D eigenvalue weighted by molar-refractivity contribution is 7.92. The average Bonchev–Trinajstić information content (AvgIpc) is 2.93. The Morgan fingerprint density at radius 2 is 1.59 bits per heavy atom. The number of carbonyl (C=O) groups excluding carboxylic acids is 2. The number of rotatable bonds is 12. The molecule has 208 valence electrons. The second-order valence-corrected chi connectivity index (χ2v) is 11.8. The summed E-state index contributed by atoms with van der Waals surface area (Å²) in [5, 5.41) is 3.28. The molecule has 3 aromatic carbocycles. The van der Waals surface area contributed by atoms with E-state index in [0.717, 1.165) is 21.9 Å². The van der Waals surface area contributed by atoms with Crippen molar-refractivity contribution in [2.45, 2.75) is 51.1 Å². The highest BCUT2D eigenvalue weighted by Gasteiger charge is 2.34. The molecule has 0 radical (unpaired) electrons. The standard InChI is InChI=1S/C29H33Cl2N3O4S/c1-4-17-32-29(36)27(5-2)33(19-22-12-10-9-11-21(22)3)28(35)20-34(23-15-16-25(30)26(31)18-23)39(37,38)24-13-7-6-8-14-24/h6-16,18,27H,4-5,17,19-20H2,1-3H3,(H,32,36)/t27-/m1/s1. The number of nitrogens with zero attached hydrogens (tertiary/aromatic N) is 2. The second-order valence-electron chi connectivity index (χ2n) is 9.09. The number of nitrogens with one attached hydrogen (secondary N) is 1. The molecule has 0 aromatic heterocycles. The molecule has 0 bridgehead atoms. The first-order valence-electron chi connectivity index (χ1n) is 12.7. The van der Waals surface area contributed by atoms with Crippen LogP contribution in [0.1, 0.15) is 37.8 Å². The van der Waals surface area contributed by atoms with Crippen molar-refractivity contribution in [3.63, 3.8) is 0 Å². The first-order chi connectivity index (χ1) is 18.6. The zero-order valence-corrected chi connectivity index (χ0v) is 24.6. The van der Waals surface area contributed by atoms with E-state index in [0.29, 0.717) is 13.0 Å². The minimum Gasteiger partial charge on any atom is -0.354 e. The number of hydrogen-bond donors (Lipinski definition) is 1. The molecule has 3 rings (SSSR count). The minimum atomic E-state index is -4.18. The van der Waals surface area contributed by atoms with Crippen LogP contribution in [0.2, 0.25) is 10.0 Å². The number of hydrogen-bond acceptors (Lipinski definition) is 4. The Kier molecular flexibility index (Phi) is 10.8. The minimum absolute atomic E-state index is 0.0158. The van der Waals surface area contributed by atoms with Crippen molar-refractivity contribution >= 4 is 50.7 Å². The monoisotopic (exact) mass is 589 g/mol. The van der Waals surface area contributed by atoms with Crippen molar-refractivity contribution in [2.24, 2.45) is 0 Å². The number of sulfonamides is 1. The van der Waals surface area contributed by atoms with Crippen LogP contribution in [0.25, 0.3) is 0 Å². The van der Waals surface area contributed by atoms with E-state index >= 15 is 0 Å². The molecule has 0 aliphatic heterocycles.